The first-order valence-electron chi connectivity index (χ1n) is 9.32. The fraction of sp³-hybridized carbons (Fsp3) is 0.130. The molecule has 0 bridgehead atoms. The molecular formula is C23H22N2O4S. The smallest absolute Gasteiger partial charge is 0.339 e. The summed E-state index contributed by atoms with van der Waals surface area (Å²) < 4.78 is 30.9. The first kappa shape index (κ1) is 21.3. The lowest BCUT2D eigenvalue weighted by Gasteiger charge is -2.11. The zero-order valence-electron chi connectivity index (χ0n) is 16.7. The number of carbonyl (C=O) groups is 1. The van der Waals surface area contributed by atoms with Gasteiger partial charge < -0.3 is 4.18 Å². The lowest BCUT2D eigenvalue weighted by atomic mass is 10.1. The zero-order valence-corrected chi connectivity index (χ0v) is 17.5. The van der Waals surface area contributed by atoms with Gasteiger partial charge in [-0.05, 0) is 48.7 Å². The number of nitrogens with one attached hydrogen (secondary N) is 1. The van der Waals surface area contributed by atoms with Crippen LogP contribution in [0.4, 0.5) is 0 Å². The lowest BCUT2D eigenvalue weighted by molar-refractivity contribution is -0.120. The number of aryl methyl sites for hydroxylation is 2. The van der Waals surface area contributed by atoms with Crippen molar-refractivity contribution in [1.82, 2.24) is 5.43 Å². The third kappa shape index (κ3) is 5.55. The molecule has 0 aliphatic rings. The molecule has 0 aromatic heterocycles. The number of rotatable bonds is 7. The minimum atomic E-state index is -4.02. The van der Waals surface area contributed by atoms with Gasteiger partial charge in [0.25, 0.3) is 0 Å². The van der Waals surface area contributed by atoms with Gasteiger partial charge >= 0.3 is 10.1 Å². The molecule has 0 spiro atoms. The number of hydrogen-bond acceptors (Lipinski definition) is 5. The van der Waals surface area contributed by atoms with Crippen molar-refractivity contribution in [1.29, 1.82) is 0 Å². The molecule has 0 aliphatic carbocycles. The van der Waals surface area contributed by atoms with Crippen LogP contribution in [0.2, 0.25) is 0 Å². The monoisotopic (exact) mass is 422 g/mol. The highest BCUT2D eigenvalue weighted by Gasteiger charge is 2.20. The Morgan fingerprint density at radius 1 is 1.00 bits per heavy atom. The predicted octanol–water partition coefficient (Wildman–Crippen LogP) is 3.76. The first-order chi connectivity index (χ1) is 14.3. The molecule has 0 heterocycles. The van der Waals surface area contributed by atoms with E-state index in [2.05, 4.69) is 10.5 Å². The van der Waals surface area contributed by atoms with Crippen LogP contribution in [0, 0.1) is 13.8 Å². The third-order valence-corrected chi connectivity index (χ3v) is 5.71. The first-order valence-corrected chi connectivity index (χ1v) is 10.7. The fourth-order valence-electron chi connectivity index (χ4n) is 2.80. The van der Waals surface area contributed by atoms with Crippen molar-refractivity contribution in [3.63, 3.8) is 0 Å². The molecular weight excluding hydrogens is 400 g/mol. The van der Waals surface area contributed by atoms with Gasteiger partial charge in [0.2, 0.25) is 5.91 Å². The highest BCUT2D eigenvalue weighted by molar-refractivity contribution is 7.87. The molecule has 0 atom stereocenters. The molecule has 3 rings (SSSR count). The van der Waals surface area contributed by atoms with Gasteiger partial charge in [-0.25, -0.2) is 5.43 Å². The van der Waals surface area contributed by atoms with E-state index in [0.717, 1.165) is 11.1 Å². The second-order valence-corrected chi connectivity index (χ2v) is 8.31. The molecule has 0 radical (unpaired) electrons. The second kappa shape index (κ2) is 9.37. The Bertz CT molecular complexity index is 1170. The Morgan fingerprint density at radius 3 is 2.47 bits per heavy atom. The number of carbonyl (C=O) groups excluding carboxylic acids is 1. The minimum Gasteiger partial charge on any atom is -0.378 e. The van der Waals surface area contributed by atoms with Crippen LogP contribution in [0.3, 0.4) is 0 Å². The Hall–Kier alpha value is -3.45. The van der Waals surface area contributed by atoms with Gasteiger partial charge in [-0.15, -0.1) is 0 Å². The maximum Gasteiger partial charge on any atom is 0.339 e. The molecule has 0 fully saturated rings. The highest BCUT2D eigenvalue weighted by Crippen LogP contribution is 2.24. The van der Waals surface area contributed by atoms with E-state index >= 15 is 0 Å². The molecule has 1 amide bonds. The van der Waals surface area contributed by atoms with Crippen molar-refractivity contribution in [2.24, 2.45) is 5.10 Å². The number of amides is 1. The topological polar surface area (TPSA) is 84.8 Å². The molecule has 1 N–H and O–H groups in total. The average molecular weight is 423 g/mol. The van der Waals surface area contributed by atoms with E-state index in [1.54, 1.807) is 37.3 Å². The van der Waals surface area contributed by atoms with Crippen LogP contribution in [0.25, 0.3) is 0 Å². The van der Waals surface area contributed by atoms with Crippen LogP contribution in [0.1, 0.15) is 22.3 Å². The van der Waals surface area contributed by atoms with Gasteiger partial charge in [0.1, 0.15) is 4.90 Å². The van der Waals surface area contributed by atoms with Crippen LogP contribution < -0.4 is 9.61 Å². The summed E-state index contributed by atoms with van der Waals surface area (Å²) in [6, 6.07) is 21.0. The van der Waals surface area contributed by atoms with Crippen LogP contribution in [0.15, 0.2) is 82.8 Å². The fourth-order valence-corrected chi connectivity index (χ4v) is 4.07. The van der Waals surface area contributed by atoms with Crippen LogP contribution >= 0.6 is 0 Å². The maximum atomic E-state index is 12.8. The quantitative estimate of drug-likeness (QED) is 0.357. The molecule has 30 heavy (non-hydrogen) atoms. The molecule has 3 aromatic carbocycles. The summed E-state index contributed by atoms with van der Waals surface area (Å²) >= 11 is 0. The Morgan fingerprint density at radius 2 is 1.70 bits per heavy atom. The van der Waals surface area contributed by atoms with Crippen molar-refractivity contribution >= 4 is 22.2 Å². The maximum absolute atomic E-state index is 12.8. The van der Waals surface area contributed by atoms with Gasteiger partial charge in [0, 0.05) is 5.56 Å². The van der Waals surface area contributed by atoms with Crippen molar-refractivity contribution in [3.05, 3.63) is 95.1 Å². The predicted molar refractivity (Wildman–Crippen MR) is 116 cm³/mol. The molecule has 0 saturated heterocycles. The lowest BCUT2D eigenvalue weighted by Crippen LogP contribution is -2.19. The van der Waals surface area contributed by atoms with Crippen molar-refractivity contribution in [3.8, 4) is 5.75 Å². The summed E-state index contributed by atoms with van der Waals surface area (Å²) in [4.78, 5) is 12.1. The van der Waals surface area contributed by atoms with Gasteiger partial charge in [-0.1, -0.05) is 54.6 Å². The second-order valence-electron chi connectivity index (χ2n) is 6.80. The Labute approximate surface area is 176 Å². The summed E-state index contributed by atoms with van der Waals surface area (Å²) in [5.74, 6) is -0.154. The van der Waals surface area contributed by atoms with Crippen LogP contribution in [-0.4, -0.2) is 20.5 Å². The molecule has 0 unspecified atom stereocenters. The van der Waals surface area contributed by atoms with E-state index in [1.165, 1.54) is 12.3 Å². The molecule has 0 aliphatic heterocycles. The standard InChI is InChI=1S/C23H22N2O4S/c1-17-12-13-18(2)22(14-17)30(27,28)29-21-11-7-6-10-20(21)16-24-25-23(26)15-19-8-4-3-5-9-19/h3-14,16H,15H2,1-2H3,(H,25,26). The Kier molecular flexibility index (Phi) is 6.64. The van der Waals surface area contributed by atoms with Gasteiger partial charge in [-0.2, -0.15) is 13.5 Å². The number of para-hydroxylation sites is 1. The third-order valence-electron chi connectivity index (χ3n) is 4.33. The summed E-state index contributed by atoms with van der Waals surface area (Å²) in [6.45, 7) is 3.53. The minimum absolute atomic E-state index is 0.116. The average Bonchev–Trinajstić information content (AvgIpc) is 2.71. The van der Waals surface area contributed by atoms with E-state index in [4.69, 9.17) is 4.18 Å². The van der Waals surface area contributed by atoms with E-state index in [9.17, 15) is 13.2 Å². The van der Waals surface area contributed by atoms with Crippen molar-refractivity contribution in [2.75, 3.05) is 0 Å². The van der Waals surface area contributed by atoms with Gasteiger partial charge in [-0.3, -0.25) is 4.79 Å². The number of hydrogen-bond donors (Lipinski definition) is 1. The summed E-state index contributed by atoms with van der Waals surface area (Å²) in [5, 5.41) is 3.93. The van der Waals surface area contributed by atoms with Crippen LogP contribution in [-0.2, 0) is 21.3 Å². The number of hydrazone groups is 1. The van der Waals surface area contributed by atoms with E-state index in [1.807, 2.05) is 43.3 Å². The largest absolute Gasteiger partial charge is 0.378 e. The zero-order chi connectivity index (χ0) is 21.6. The Balaban J connectivity index is 1.73. The van der Waals surface area contributed by atoms with E-state index in [0.29, 0.717) is 11.1 Å². The molecule has 6 nitrogen and oxygen atoms in total. The summed E-state index contributed by atoms with van der Waals surface area (Å²) in [6.07, 6.45) is 1.55. The molecule has 3 aromatic rings. The van der Waals surface area contributed by atoms with Crippen molar-refractivity contribution < 1.29 is 17.4 Å². The summed E-state index contributed by atoms with van der Waals surface area (Å²) in [5.41, 5.74) is 5.15. The van der Waals surface area contributed by atoms with Crippen LogP contribution in [0.5, 0.6) is 5.75 Å². The number of benzene rings is 3. The van der Waals surface area contributed by atoms with Crippen molar-refractivity contribution in [2.45, 2.75) is 25.2 Å². The normalized spacial score (nSPS) is 11.4. The number of nitrogens with zero attached hydrogens (tertiary/aromatic N) is 1. The highest BCUT2D eigenvalue weighted by atomic mass is 32.2. The van der Waals surface area contributed by atoms with E-state index < -0.39 is 10.1 Å². The summed E-state index contributed by atoms with van der Waals surface area (Å²) in [7, 11) is -4.02. The molecule has 154 valence electrons. The SMILES string of the molecule is Cc1ccc(C)c(S(=O)(=O)Oc2ccccc2C=NNC(=O)Cc2ccccc2)c1. The van der Waals surface area contributed by atoms with Gasteiger partial charge in [0.05, 0.1) is 12.6 Å². The molecule has 7 heteroatoms. The van der Waals surface area contributed by atoms with E-state index in [-0.39, 0.29) is 23.0 Å². The molecule has 0 saturated carbocycles. The van der Waals surface area contributed by atoms with Gasteiger partial charge in [0.15, 0.2) is 5.75 Å².